The van der Waals surface area contributed by atoms with Gasteiger partial charge in [-0.2, -0.15) is 5.10 Å². The van der Waals surface area contributed by atoms with Crippen molar-refractivity contribution in [3.8, 4) is 28.5 Å². The van der Waals surface area contributed by atoms with Crippen LogP contribution in [0.4, 0.5) is 0 Å². The molecule has 1 atom stereocenters. The monoisotopic (exact) mass is 427 g/mol. The molecule has 1 aromatic heterocycles. The number of para-hydroxylation sites is 2. The van der Waals surface area contributed by atoms with Crippen LogP contribution >= 0.6 is 0 Å². The van der Waals surface area contributed by atoms with Crippen molar-refractivity contribution in [1.29, 1.82) is 0 Å². The molecule has 5 rings (SSSR count). The summed E-state index contributed by atoms with van der Waals surface area (Å²) in [5.41, 5.74) is 2.88. The Morgan fingerprint density at radius 2 is 1.72 bits per heavy atom. The molecule has 0 spiro atoms. The van der Waals surface area contributed by atoms with Crippen LogP contribution in [0.1, 0.15) is 27.7 Å². The van der Waals surface area contributed by atoms with Gasteiger partial charge < -0.3 is 19.8 Å². The number of aromatic amines is 1. The number of hydrogen-bond donors (Lipinski definition) is 3. The van der Waals surface area contributed by atoms with Gasteiger partial charge in [-0.3, -0.25) is 9.89 Å². The van der Waals surface area contributed by atoms with E-state index in [9.17, 15) is 15.0 Å². The Bertz CT molecular complexity index is 1270. The number of carbonyl (C=O) groups is 1. The number of aromatic nitrogens is 2. The number of rotatable bonds is 6. The van der Waals surface area contributed by atoms with Gasteiger partial charge in [0.15, 0.2) is 0 Å². The Labute approximate surface area is 184 Å². The van der Waals surface area contributed by atoms with Crippen LogP contribution in [0.5, 0.6) is 17.2 Å². The van der Waals surface area contributed by atoms with Gasteiger partial charge in [-0.05, 0) is 42.0 Å². The van der Waals surface area contributed by atoms with Crippen molar-refractivity contribution < 1.29 is 19.7 Å². The lowest BCUT2D eigenvalue weighted by Crippen LogP contribution is -2.32. The van der Waals surface area contributed by atoms with Gasteiger partial charge in [-0.1, -0.05) is 42.5 Å². The van der Waals surface area contributed by atoms with E-state index in [0.717, 1.165) is 5.56 Å². The SMILES string of the molecule is O=C1c2[nH]nc(-c3ccccc3O)c2C(c2cccc(Oc3ccccc3)c2)N1CCO. The van der Waals surface area contributed by atoms with Crippen molar-refractivity contribution in [1.82, 2.24) is 15.1 Å². The van der Waals surface area contributed by atoms with E-state index in [1.807, 2.05) is 60.7 Å². The predicted octanol–water partition coefficient (Wildman–Crippen LogP) is 4.11. The average Bonchev–Trinajstić information content (AvgIpc) is 3.35. The normalized spacial score (nSPS) is 15.1. The van der Waals surface area contributed by atoms with Crippen LogP contribution in [0.25, 0.3) is 11.3 Å². The third kappa shape index (κ3) is 3.38. The number of phenolic OH excluding ortho intramolecular Hbond substituents is 1. The molecule has 0 aliphatic carbocycles. The van der Waals surface area contributed by atoms with Gasteiger partial charge in [0.1, 0.15) is 28.6 Å². The van der Waals surface area contributed by atoms with E-state index in [1.54, 1.807) is 23.1 Å². The first-order valence-electron chi connectivity index (χ1n) is 10.3. The zero-order valence-corrected chi connectivity index (χ0v) is 17.1. The first-order valence-corrected chi connectivity index (χ1v) is 10.3. The highest BCUT2D eigenvalue weighted by Gasteiger charge is 2.42. The highest BCUT2D eigenvalue weighted by Crippen LogP contribution is 2.44. The summed E-state index contributed by atoms with van der Waals surface area (Å²) in [6.07, 6.45) is 0. The number of hydrogen-bond acceptors (Lipinski definition) is 5. The smallest absolute Gasteiger partial charge is 0.273 e. The van der Waals surface area contributed by atoms with Crippen molar-refractivity contribution in [2.75, 3.05) is 13.2 Å². The molecular formula is C25H21N3O4. The Morgan fingerprint density at radius 1 is 0.969 bits per heavy atom. The van der Waals surface area contributed by atoms with Gasteiger partial charge >= 0.3 is 0 Å². The summed E-state index contributed by atoms with van der Waals surface area (Å²) in [5, 5.41) is 27.2. The molecule has 7 heteroatoms. The van der Waals surface area contributed by atoms with Crippen LogP contribution in [-0.2, 0) is 0 Å². The average molecular weight is 427 g/mol. The molecule has 3 aromatic carbocycles. The maximum Gasteiger partial charge on any atom is 0.273 e. The third-order valence-electron chi connectivity index (χ3n) is 5.52. The second-order valence-electron chi connectivity index (χ2n) is 7.49. The maximum absolute atomic E-state index is 13.1. The predicted molar refractivity (Wildman–Crippen MR) is 119 cm³/mol. The van der Waals surface area contributed by atoms with E-state index in [2.05, 4.69) is 10.2 Å². The molecule has 0 fully saturated rings. The molecule has 2 heterocycles. The zero-order chi connectivity index (χ0) is 22.1. The number of aliphatic hydroxyl groups is 1. The molecule has 0 saturated carbocycles. The Kier molecular flexibility index (Phi) is 5.09. The van der Waals surface area contributed by atoms with E-state index in [0.29, 0.717) is 34.0 Å². The van der Waals surface area contributed by atoms with Crippen LogP contribution < -0.4 is 4.74 Å². The second kappa shape index (κ2) is 8.20. The van der Waals surface area contributed by atoms with Gasteiger partial charge in [0, 0.05) is 17.7 Å². The number of aromatic hydroxyl groups is 1. The van der Waals surface area contributed by atoms with Crippen LogP contribution in [0, 0.1) is 0 Å². The fourth-order valence-corrected chi connectivity index (χ4v) is 4.13. The topological polar surface area (TPSA) is 98.7 Å². The number of H-pyrrole nitrogens is 1. The molecule has 0 bridgehead atoms. The minimum Gasteiger partial charge on any atom is -0.507 e. The van der Waals surface area contributed by atoms with E-state index in [-0.39, 0.29) is 24.8 Å². The zero-order valence-electron chi connectivity index (χ0n) is 17.1. The summed E-state index contributed by atoms with van der Waals surface area (Å²) in [4.78, 5) is 14.7. The summed E-state index contributed by atoms with van der Waals surface area (Å²) in [7, 11) is 0. The number of benzene rings is 3. The fourth-order valence-electron chi connectivity index (χ4n) is 4.13. The largest absolute Gasteiger partial charge is 0.507 e. The van der Waals surface area contributed by atoms with E-state index < -0.39 is 6.04 Å². The Morgan fingerprint density at radius 3 is 2.50 bits per heavy atom. The number of aliphatic hydroxyl groups excluding tert-OH is 1. The number of β-amino-alcohol motifs (C(OH)–C–C–N with tert-alkyl or cyclic N) is 1. The van der Waals surface area contributed by atoms with E-state index in [1.165, 1.54) is 0 Å². The summed E-state index contributed by atoms with van der Waals surface area (Å²) in [6.45, 7) is -0.0118. The van der Waals surface area contributed by atoms with Crippen LogP contribution in [0.15, 0.2) is 78.9 Å². The summed E-state index contributed by atoms with van der Waals surface area (Å²) in [6, 6.07) is 23.4. The van der Waals surface area contributed by atoms with E-state index >= 15 is 0 Å². The second-order valence-corrected chi connectivity index (χ2v) is 7.49. The number of nitrogens with one attached hydrogen (secondary N) is 1. The number of phenols is 1. The first kappa shape index (κ1) is 19.8. The molecule has 1 amide bonds. The van der Waals surface area contributed by atoms with Gasteiger partial charge in [0.2, 0.25) is 0 Å². The number of carbonyl (C=O) groups excluding carboxylic acids is 1. The summed E-state index contributed by atoms with van der Waals surface area (Å²) >= 11 is 0. The number of amides is 1. The van der Waals surface area contributed by atoms with Crippen molar-refractivity contribution >= 4 is 5.91 Å². The van der Waals surface area contributed by atoms with Crippen molar-refractivity contribution in [2.45, 2.75) is 6.04 Å². The van der Waals surface area contributed by atoms with Crippen LogP contribution in [0.2, 0.25) is 0 Å². The standard InChI is InChI=1S/C25H21N3O4/c29-14-13-28-24(16-7-6-10-18(15-16)32-17-8-2-1-3-9-17)21-22(26-27-23(21)25(28)31)19-11-4-5-12-20(19)30/h1-12,15,24,29-30H,13-14H2,(H,26,27). The van der Waals surface area contributed by atoms with Gasteiger partial charge in [-0.15, -0.1) is 0 Å². The molecule has 160 valence electrons. The number of nitrogens with zero attached hydrogens (tertiary/aromatic N) is 2. The Balaban J connectivity index is 1.61. The molecule has 0 saturated heterocycles. The first-order chi connectivity index (χ1) is 15.7. The summed E-state index contributed by atoms with van der Waals surface area (Å²) in [5.74, 6) is 1.17. The lowest BCUT2D eigenvalue weighted by atomic mass is 9.95. The van der Waals surface area contributed by atoms with Crippen molar-refractivity contribution in [2.24, 2.45) is 0 Å². The van der Waals surface area contributed by atoms with Gasteiger partial charge in [0.05, 0.1) is 12.6 Å². The van der Waals surface area contributed by atoms with Crippen molar-refractivity contribution in [3.63, 3.8) is 0 Å². The molecule has 4 aromatic rings. The van der Waals surface area contributed by atoms with Crippen molar-refractivity contribution in [3.05, 3.63) is 95.7 Å². The number of fused-ring (bicyclic) bond motifs is 1. The molecule has 1 unspecified atom stereocenters. The molecule has 7 nitrogen and oxygen atoms in total. The molecule has 0 radical (unpaired) electrons. The molecule has 1 aliphatic rings. The van der Waals surface area contributed by atoms with Crippen LogP contribution in [-0.4, -0.2) is 44.4 Å². The maximum atomic E-state index is 13.1. The molecular weight excluding hydrogens is 406 g/mol. The lowest BCUT2D eigenvalue weighted by Gasteiger charge is -2.26. The molecule has 32 heavy (non-hydrogen) atoms. The minimum atomic E-state index is -0.489. The highest BCUT2D eigenvalue weighted by molar-refractivity contribution is 6.00. The fraction of sp³-hybridized carbons (Fsp3) is 0.120. The highest BCUT2D eigenvalue weighted by atomic mass is 16.5. The minimum absolute atomic E-state index is 0.0785. The number of ether oxygens (including phenoxy) is 1. The van der Waals surface area contributed by atoms with Gasteiger partial charge in [-0.25, -0.2) is 0 Å². The summed E-state index contributed by atoms with van der Waals surface area (Å²) < 4.78 is 5.99. The third-order valence-corrected chi connectivity index (χ3v) is 5.52. The molecule has 3 N–H and O–H groups in total. The Hall–Kier alpha value is -4.10. The van der Waals surface area contributed by atoms with E-state index in [4.69, 9.17) is 4.74 Å². The lowest BCUT2D eigenvalue weighted by molar-refractivity contribution is 0.0706. The van der Waals surface area contributed by atoms with Crippen LogP contribution in [0.3, 0.4) is 0 Å². The quantitative estimate of drug-likeness (QED) is 0.430. The molecule has 1 aliphatic heterocycles. The van der Waals surface area contributed by atoms with Gasteiger partial charge in [0.25, 0.3) is 5.91 Å².